The molecule has 0 atom stereocenters. The average Bonchev–Trinajstić information content (AvgIpc) is 1.99. The Balaban J connectivity index is 4.59. The van der Waals surface area contributed by atoms with E-state index in [9.17, 15) is 0 Å². The van der Waals surface area contributed by atoms with Crippen molar-refractivity contribution in [1.29, 1.82) is 0 Å². The minimum atomic E-state index is -2.69. The first-order valence-corrected chi connectivity index (χ1v) is 7.87. The molecule has 0 aromatic carbocycles. The second-order valence-corrected chi connectivity index (χ2v) is 7.46. The lowest BCUT2D eigenvalue weighted by molar-refractivity contribution is 0.00770. The molecule has 0 unspecified atom stereocenters. The Morgan fingerprint density at radius 3 is 1.20 bits per heavy atom. The van der Waals surface area contributed by atoms with Crippen molar-refractivity contribution in [1.82, 2.24) is 0 Å². The third-order valence-corrected chi connectivity index (χ3v) is 5.21. The number of halogens is 1. The average molecular weight is 255 g/mol. The lowest BCUT2D eigenvalue weighted by Gasteiger charge is -2.32. The van der Waals surface area contributed by atoms with Gasteiger partial charge in [-0.15, -0.1) is 11.6 Å². The Labute approximate surface area is 99.4 Å². The van der Waals surface area contributed by atoms with E-state index in [-0.39, 0.29) is 18.3 Å². The Kier molecular flexibility index (Phi) is 7.04. The van der Waals surface area contributed by atoms with Gasteiger partial charge < -0.3 is 13.3 Å². The molecule has 0 fully saturated rings. The topological polar surface area (TPSA) is 27.7 Å². The van der Waals surface area contributed by atoms with Crippen LogP contribution in [-0.2, 0) is 13.3 Å². The smallest absolute Gasteiger partial charge is 0.370 e. The zero-order chi connectivity index (χ0) is 12.1. The van der Waals surface area contributed by atoms with Gasteiger partial charge in [0, 0.05) is 18.3 Å². The fourth-order valence-corrected chi connectivity index (χ4v) is 4.33. The monoisotopic (exact) mass is 254 g/mol. The minimum absolute atomic E-state index is 0.0629. The lowest BCUT2D eigenvalue weighted by atomic mass is 10.5. The van der Waals surface area contributed by atoms with E-state index in [1.807, 2.05) is 41.5 Å². The number of hydrogen-bond donors (Lipinski definition) is 0. The molecular weight excluding hydrogens is 232 g/mol. The zero-order valence-electron chi connectivity index (χ0n) is 10.5. The van der Waals surface area contributed by atoms with Crippen LogP contribution in [0.1, 0.15) is 41.5 Å². The van der Waals surface area contributed by atoms with E-state index in [1.165, 1.54) is 0 Å². The summed E-state index contributed by atoms with van der Waals surface area (Å²) in [5.41, 5.74) is 0.293. The van der Waals surface area contributed by atoms with Gasteiger partial charge in [0.25, 0.3) is 0 Å². The van der Waals surface area contributed by atoms with Crippen LogP contribution in [0.4, 0.5) is 0 Å². The van der Waals surface area contributed by atoms with Crippen LogP contribution >= 0.6 is 11.6 Å². The number of rotatable bonds is 7. The summed E-state index contributed by atoms with van der Waals surface area (Å²) >= 11 is 5.94. The van der Waals surface area contributed by atoms with E-state index in [1.54, 1.807) is 0 Å². The highest BCUT2D eigenvalue weighted by Crippen LogP contribution is 2.18. The predicted molar refractivity (Wildman–Crippen MR) is 65.1 cm³/mol. The van der Waals surface area contributed by atoms with Crippen molar-refractivity contribution in [2.75, 3.05) is 5.50 Å². The van der Waals surface area contributed by atoms with Crippen LogP contribution in [-0.4, -0.2) is 32.6 Å². The maximum absolute atomic E-state index is 5.94. The first-order chi connectivity index (χ1) is 6.81. The van der Waals surface area contributed by atoms with Crippen LogP contribution in [0.15, 0.2) is 0 Å². The first-order valence-electron chi connectivity index (χ1n) is 5.40. The van der Waals surface area contributed by atoms with Crippen molar-refractivity contribution >= 4 is 20.4 Å². The van der Waals surface area contributed by atoms with Crippen LogP contribution in [0.5, 0.6) is 0 Å². The molecule has 0 spiro atoms. The third kappa shape index (κ3) is 6.53. The van der Waals surface area contributed by atoms with Crippen molar-refractivity contribution in [2.45, 2.75) is 59.9 Å². The van der Waals surface area contributed by atoms with Crippen molar-refractivity contribution in [3.63, 3.8) is 0 Å². The summed E-state index contributed by atoms with van der Waals surface area (Å²) in [7, 11) is -2.69. The molecule has 0 aromatic heterocycles. The summed E-state index contributed by atoms with van der Waals surface area (Å²) in [6, 6.07) is 0. The van der Waals surface area contributed by atoms with Gasteiger partial charge in [-0.1, -0.05) is 0 Å². The summed E-state index contributed by atoms with van der Waals surface area (Å²) in [6.07, 6.45) is 0.189. The van der Waals surface area contributed by atoms with Crippen molar-refractivity contribution in [3.05, 3.63) is 0 Å². The van der Waals surface area contributed by atoms with E-state index < -0.39 is 8.80 Å². The van der Waals surface area contributed by atoms with Crippen LogP contribution < -0.4 is 0 Å². The Morgan fingerprint density at radius 2 is 1.07 bits per heavy atom. The molecule has 0 saturated heterocycles. The van der Waals surface area contributed by atoms with Crippen molar-refractivity contribution in [2.24, 2.45) is 0 Å². The molecular formula is C10H23ClO3Si. The minimum Gasteiger partial charge on any atom is -0.370 e. The van der Waals surface area contributed by atoms with Crippen LogP contribution in [0.3, 0.4) is 0 Å². The van der Waals surface area contributed by atoms with Gasteiger partial charge in [-0.25, -0.2) is 0 Å². The van der Waals surface area contributed by atoms with E-state index >= 15 is 0 Å². The maximum atomic E-state index is 5.94. The fraction of sp³-hybridized carbons (Fsp3) is 1.00. The van der Waals surface area contributed by atoms with Crippen molar-refractivity contribution in [3.8, 4) is 0 Å². The van der Waals surface area contributed by atoms with Crippen LogP contribution in [0, 0.1) is 0 Å². The maximum Gasteiger partial charge on any atom is 0.517 e. The standard InChI is InChI=1S/C10H23ClO3Si/c1-8(2)12-15(7-11,13-9(3)4)14-10(5)6/h8-10H,7H2,1-6H3. The normalized spacial score (nSPS) is 13.2. The molecule has 5 heteroatoms. The summed E-state index contributed by atoms with van der Waals surface area (Å²) in [4.78, 5) is 0. The molecule has 0 bridgehead atoms. The van der Waals surface area contributed by atoms with Crippen LogP contribution in [0.2, 0.25) is 0 Å². The lowest BCUT2D eigenvalue weighted by Crippen LogP contribution is -2.52. The van der Waals surface area contributed by atoms with Gasteiger partial charge in [-0.05, 0) is 41.5 Å². The highest BCUT2D eigenvalue weighted by molar-refractivity contribution is 6.69. The fourth-order valence-electron chi connectivity index (χ4n) is 1.26. The van der Waals surface area contributed by atoms with Gasteiger partial charge in [-0.3, -0.25) is 0 Å². The quantitative estimate of drug-likeness (QED) is 0.516. The molecule has 0 amide bonds. The molecule has 0 N–H and O–H groups in total. The highest BCUT2D eigenvalue weighted by Gasteiger charge is 2.43. The van der Waals surface area contributed by atoms with Gasteiger partial charge in [-0.2, -0.15) is 0 Å². The molecule has 0 radical (unpaired) electrons. The summed E-state index contributed by atoms with van der Waals surface area (Å²) in [5.74, 6) is 0. The molecule has 3 nitrogen and oxygen atoms in total. The summed E-state index contributed by atoms with van der Waals surface area (Å²) < 4.78 is 17.3. The molecule has 0 saturated carbocycles. The second kappa shape index (κ2) is 6.86. The number of hydrogen-bond acceptors (Lipinski definition) is 3. The van der Waals surface area contributed by atoms with Crippen molar-refractivity contribution < 1.29 is 13.3 Å². The summed E-state index contributed by atoms with van der Waals surface area (Å²) in [6.45, 7) is 11.8. The van der Waals surface area contributed by atoms with Gasteiger partial charge in [0.1, 0.15) is 0 Å². The molecule has 15 heavy (non-hydrogen) atoms. The van der Waals surface area contributed by atoms with Crippen LogP contribution in [0.25, 0.3) is 0 Å². The van der Waals surface area contributed by atoms with E-state index in [0.29, 0.717) is 5.50 Å². The van der Waals surface area contributed by atoms with Gasteiger partial charge in [0.05, 0.1) is 5.50 Å². The molecule has 0 aliphatic heterocycles. The summed E-state index contributed by atoms with van der Waals surface area (Å²) in [5, 5.41) is 0. The van der Waals surface area contributed by atoms with Gasteiger partial charge in [0.2, 0.25) is 0 Å². The Morgan fingerprint density at radius 1 is 0.800 bits per heavy atom. The van der Waals surface area contributed by atoms with E-state index in [0.717, 1.165) is 0 Å². The highest BCUT2D eigenvalue weighted by atomic mass is 35.5. The van der Waals surface area contributed by atoms with Gasteiger partial charge in [0.15, 0.2) is 0 Å². The predicted octanol–water partition coefficient (Wildman–Crippen LogP) is 2.98. The SMILES string of the molecule is CC(C)O[Si](CCl)(OC(C)C)OC(C)C. The number of alkyl halides is 1. The largest absolute Gasteiger partial charge is 0.517 e. The Hall–Kier alpha value is 0.387. The molecule has 0 heterocycles. The molecule has 0 aromatic rings. The second-order valence-electron chi connectivity index (χ2n) is 4.32. The Bertz CT molecular complexity index is 148. The molecule has 0 aliphatic rings. The zero-order valence-corrected chi connectivity index (χ0v) is 12.3. The van der Waals surface area contributed by atoms with Gasteiger partial charge >= 0.3 is 8.80 Å². The molecule has 0 rings (SSSR count). The third-order valence-electron chi connectivity index (χ3n) is 1.41. The van der Waals surface area contributed by atoms with E-state index in [4.69, 9.17) is 24.9 Å². The molecule has 0 aliphatic carbocycles. The first kappa shape index (κ1) is 15.4. The molecule has 92 valence electrons. The van der Waals surface area contributed by atoms with E-state index in [2.05, 4.69) is 0 Å².